The fourth-order valence-corrected chi connectivity index (χ4v) is 4.62. The monoisotopic (exact) mass is 459 g/mol. The van der Waals surface area contributed by atoms with Crippen LogP contribution in [0.4, 0.5) is 0 Å². The van der Waals surface area contributed by atoms with E-state index in [1.54, 1.807) is 24.3 Å². The van der Waals surface area contributed by atoms with E-state index in [-0.39, 0.29) is 16.8 Å². The maximum Gasteiger partial charge on any atom is 0.242 e. The van der Waals surface area contributed by atoms with Crippen molar-refractivity contribution in [3.63, 3.8) is 0 Å². The zero-order valence-corrected chi connectivity index (χ0v) is 19.7. The number of nitrogens with zero attached hydrogens (tertiary/aromatic N) is 2. The first kappa shape index (κ1) is 24.2. The number of amides is 1. The molecule has 1 aliphatic heterocycles. The first-order valence-electron chi connectivity index (χ1n) is 11.1. The standard InChI is InChI=1S/C24H33N3O4S/c1-26(2)32(29,30)23-11-9-22(10-12-23)31-19-18-27-16-14-21(15-17-27)25-24(28)13-8-20-6-4-3-5-7-20/h3-7,9-12,21H,8,13-19H2,1-2H3,(H,25,28). The molecular formula is C24H33N3O4S. The second kappa shape index (κ2) is 11.4. The Kier molecular flexibility index (Phi) is 8.67. The number of sulfonamides is 1. The number of benzene rings is 2. The van der Waals surface area contributed by atoms with Gasteiger partial charge in [-0.05, 0) is 49.1 Å². The topological polar surface area (TPSA) is 79.0 Å². The Morgan fingerprint density at radius 2 is 1.72 bits per heavy atom. The third kappa shape index (κ3) is 7.05. The minimum Gasteiger partial charge on any atom is -0.492 e. The molecule has 7 nitrogen and oxygen atoms in total. The number of carbonyl (C=O) groups is 1. The van der Waals surface area contributed by atoms with E-state index in [1.807, 2.05) is 30.3 Å². The molecule has 1 fully saturated rings. The summed E-state index contributed by atoms with van der Waals surface area (Å²) in [5, 5.41) is 3.17. The summed E-state index contributed by atoms with van der Waals surface area (Å²) in [6.07, 6.45) is 3.17. The molecule has 32 heavy (non-hydrogen) atoms. The molecule has 0 bridgehead atoms. The molecule has 0 saturated carbocycles. The second-order valence-electron chi connectivity index (χ2n) is 8.28. The zero-order chi connectivity index (χ0) is 23.0. The van der Waals surface area contributed by atoms with Crippen LogP contribution in [-0.4, -0.2) is 69.9 Å². The summed E-state index contributed by atoms with van der Waals surface area (Å²) < 4.78 is 31.2. The molecule has 1 N–H and O–H groups in total. The minimum atomic E-state index is -3.42. The van der Waals surface area contributed by atoms with E-state index in [1.165, 1.54) is 24.0 Å². The molecule has 1 amide bonds. The summed E-state index contributed by atoms with van der Waals surface area (Å²) in [6.45, 7) is 3.18. The number of carbonyl (C=O) groups excluding carboxylic acids is 1. The maximum absolute atomic E-state index is 12.2. The van der Waals surface area contributed by atoms with Gasteiger partial charge in [0, 0.05) is 46.2 Å². The van der Waals surface area contributed by atoms with Crippen molar-refractivity contribution in [1.29, 1.82) is 0 Å². The van der Waals surface area contributed by atoms with Crippen LogP contribution < -0.4 is 10.1 Å². The molecule has 1 heterocycles. The Bertz CT molecular complexity index is 954. The smallest absolute Gasteiger partial charge is 0.242 e. The van der Waals surface area contributed by atoms with E-state index in [0.29, 0.717) is 18.8 Å². The third-order valence-electron chi connectivity index (χ3n) is 5.71. The van der Waals surface area contributed by atoms with Gasteiger partial charge in [0.15, 0.2) is 0 Å². The molecule has 1 aliphatic rings. The van der Waals surface area contributed by atoms with Gasteiger partial charge in [0.05, 0.1) is 4.90 Å². The molecule has 0 aromatic heterocycles. The molecule has 174 valence electrons. The number of aryl methyl sites for hydroxylation is 1. The molecule has 8 heteroatoms. The van der Waals surface area contributed by atoms with Crippen LogP contribution in [0.5, 0.6) is 5.75 Å². The summed E-state index contributed by atoms with van der Waals surface area (Å²) in [4.78, 5) is 14.8. The molecule has 1 saturated heterocycles. The summed E-state index contributed by atoms with van der Waals surface area (Å²) >= 11 is 0. The highest BCUT2D eigenvalue weighted by Gasteiger charge is 2.20. The Morgan fingerprint density at radius 3 is 2.34 bits per heavy atom. The van der Waals surface area contributed by atoms with Crippen LogP contribution in [0.3, 0.4) is 0 Å². The number of hydrogen-bond acceptors (Lipinski definition) is 5. The van der Waals surface area contributed by atoms with Gasteiger partial charge in [-0.3, -0.25) is 9.69 Å². The maximum atomic E-state index is 12.2. The summed E-state index contributed by atoms with van der Waals surface area (Å²) in [7, 11) is -0.398. The first-order valence-corrected chi connectivity index (χ1v) is 12.5. The summed E-state index contributed by atoms with van der Waals surface area (Å²) in [5.74, 6) is 0.777. The largest absolute Gasteiger partial charge is 0.492 e. The fraction of sp³-hybridized carbons (Fsp3) is 0.458. The molecule has 0 spiro atoms. The number of ether oxygens (including phenoxy) is 1. The zero-order valence-electron chi connectivity index (χ0n) is 18.9. The number of piperidine rings is 1. The van der Waals surface area contributed by atoms with Crippen molar-refractivity contribution in [3.8, 4) is 5.75 Å². The van der Waals surface area contributed by atoms with Crippen LogP contribution in [0.15, 0.2) is 59.5 Å². The van der Waals surface area contributed by atoms with E-state index < -0.39 is 10.0 Å². The molecule has 0 atom stereocenters. The van der Waals surface area contributed by atoms with Gasteiger partial charge in [0.1, 0.15) is 12.4 Å². The van der Waals surface area contributed by atoms with Crippen molar-refractivity contribution < 1.29 is 17.9 Å². The summed E-state index contributed by atoms with van der Waals surface area (Å²) in [5.41, 5.74) is 1.19. The number of nitrogens with one attached hydrogen (secondary N) is 1. The van der Waals surface area contributed by atoms with Gasteiger partial charge in [-0.15, -0.1) is 0 Å². The van der Waals surface area contributed by atoms with E-state index in [9.17, 15) is 13.2 Å². The van der Waals surface area contributed by atoms with E-state index >= 15 is 0 Å². The third-order valence-corrected chi connectivity index (χ3v) is 7.54. The van der Waals surface area contributed by atoms with Crippen molar-refractivity contribution in [2.24, 2.45) is 0 Å². The molecule has 2 aromatic rings. The van der Waals surface area contributed by atoms with Crippen LogP contribution in [0.25, 0.3) is 0 Å². The lowest BCUT2D eigenvalue weighted by molar-refractivity contribution is -0.122. The quantitative estimate of drug-likeness (QED) is 0.591. The number of rotatable bonds is 10. The van der Waals surface area contributed by atoms with Crippen molar-refractivity contribution in [2.45, 2.75) is 36.6 Å². The van der Waals surface area contributed by atoms with Gasteiger partial charge in [-0.1, -0.05) is 30.3 Å². The molecule has 0 radical (unpaired) electrons. The van der Waals surface area contributed by atoms with E-state index in [0.717, 1.165) is 38.9 Å². The highest BCUT2D eigenvalue weighted by Crippen LogP contribution is 2.18. The molecule has 0 aliphatic carbocycles. The van der Waals surface area contributed by atoms with Crippen LogP contribution in [-0.2, 0) is 21.2 Å². The van der Waals surface area contributed by atoms with Crippen LogP contribution in [0, 0.1) is 0 Å². The van der Waals surface area contributed by atoms with Crippen LogP contribution in [0.2, 0.25) is 0 Å². The molecule has 2 aromatic carbocycles. The van der Waals surface area contributed by atoms with Gasteiger partial charge in [-0.25, -0.2) is 12.7 Å². The Hall–Kier alpha value is -2.42. The van der Waals surface area contributed by atoms with Crippen molar-refractivity contribution >= 4 is 15.9 Å². The Labute approximate surface area is 191 Å². The highest BCUT2D eigenvalue weighted by atomic mass is 32.2. The fourth-order valence-electron chi connectivity index (χ4n) is 3.71. The molecule has 0 unspecified atom stereocenters. The van der Waals surface area contributed by atoms with Gasteiger partial charge in [0.25, 0.3) is 0 Å². The van der Waals surface area contributed by atoms with Crippen LogP contribution in [0.1, 0.15) is 24.8 Å². The van der Waals surface area contributed by atoms with Gasteiger partial charge >= 0.3 is 0 Å². The predicted octanol–water partition coefficient (Wildman–Crippen LogP) is 2.53. The van der Waals surface area contributed by atoms with E-state index in [2.05, 4.69) is 10.2 Å². The number of likely N-dealkylation sites (tertiary alicyclic amines) is 1. The summed E-state index contributed by atoms with van der Waals surface area (Å²) in [6, 6.07) is 16.8. The van der Waals surface area contributed by atoms with Gasteiger partial charge < -0.3 is 10.1 Å². The van der Waals surface area contributed by atoms with Gasteiger partial charge in [-0.2, -0.15) is 0 Å². The number of hydrogen-bond donors (Lipinski definition) is 1. The minimum absolute atomic E-state index is 0.121. The lowest BCUT2D eigenvalue weighted by Gasteiger charge is -2.32. The van der Waals surface area contributed by atoms with E-state index in [4.69, 9.17) is 4.74 Å². The van der Waals surface area contributed by atoms with Crippen molar-refractivity contribution in [3.05, 3.63) is 60.2 Å². The average Bonchev–Trinajstić information content (AvgIpc) is 2.80. The second-order valence-corrected chi connectivity index (χ2v) is 10.4. The highest BCUT2D eigenvalue weighted by molar-refractivity contribution is 7.89. The first-order chi connectivity index (χ1) is 15.3. The Balaban J connectivity index is 1.33. The van der Waals surface area contributed by atoms with Crippen molar-refractivity contribution in [2.75, 3.05) is 40.3 Å². The lowest BCUT2D eigenvalue weighted by atomic mass is 10.0. The SMILES string of the molecule is CN(C)S(=O)(=O)c1ccc(OCCN2CCC(NC(=O)CCc3ccccc3)CC2)cc1. The van der Waals surface area contributed by atoms with Crippen LogP contribution >= 0.6 is 0 Å². The normalized spacial score (nSPS) is 15.6. The predicted molar refractivity (Wildman–Crippen MR) is 125 cm³/mol. The Morgan fingerprint density at radius 1 is 1.06 bits per heavy atom. The molecule has 3 rings (SSSR count). The van der Waals surface area contributed by atoms with Crippen molar-refractivity contribution in [1.82, 2.24) is 14.5 Å². The molecular weight excluding hydrogens is 426 g/mol. The van der Waals surface area contributed by atoms with Gasteiger partial charge in [0.2, 0.25) is 15.9 Å². The average molecular weight is 460 g/mol. The lowest BCUT2D eigenvalue weighted by Crippen LogP contribution is -2.45.